The molecule has 5 nitrogen and oxygen atoms in total. The fourth-order valence-corrected chi connectivity index (χ4v) is 3.80. The molecular weight excluding hydrogens is 451 g/mol. The van der Waals surface area contributed by atoms with E-state index in [0.29, 0.717) is 23.0 Å². The zero-order valence-electron chi connectivity index (χ0n) is 15.0. The molecule has 2 rings (SSSR count). The molecule has 7 heteroatoms. The van der Waals surface area contributed by atoms with E-state index in [9.17, 15) is 4.79 Å². The highest BCUT2D eigenvalue weighted by molar-refractivity contribution is 14.1. The second-order valence-corrected chi connectivity index (χ2v) is 7.63. The van der Waals surface area contributed by atoms with Gasteiger partial charge in [0.05, 0.1) is 22.3 Å². The van der Waals surface area contributed by atoms with E-state index in [1.165, 1.54) is 0 Å². The lowest BCUT2D eigenvalue weighted by Gasteiger charge is -2.30. The summed E-state index contributed by atoms with van der Waals surface area (Å²) in [6.07, 6.45) is 0.0399. The molecule has 0 aliphatic carbocycles. The Kier molecular flexibility index (Phi) is 6.67. The number of ether oxygens (including phenoxy) is 2. The zero-order valence-corrected chi connectivity index (χ0v) is 18.0. The molecule has 25 heavy (non-hydrogen) atoms. The van der Waals surface area contributed by atoms with Crippen LogP contribution in [0.5, 0.6) is 11.5 Å². The number of carbonyl (C=O) groups excluding carboxylic acids is 1. The van der Waals surface area contributed by atoms with Gasteiger partial charge in [0.2, 0.25) is 0 Å². The van der Waals surface area contributed by atoms with Crippen molar-refractivity contribution < 1.29 is 14.3 Å². The van der Waals surface area contributed by atoms with E-state index >= 15 is 0 Å². The number of ketones is 1. The Bertz CT molecular complexity index is 731. The molecule has 1 aliphatic rings. The second-order valence-electron chi connectivity index (χ2n) is 6.06. The number of allylic oxidation sites excluding steroid dienone is 1. The summed E-state index contributed by atoms with van der Waals surface area (Å²) in [5.74, 6) is 1.40. The fourth-order valence-electron chi connectivity index (χ4n) is 2.78. The Morgan fingerprint density at radius 3 is 2.64 bits per heavy atom. The maximum atomic E-state index is 12.2. The first kappa shape index (κ1) is 20.0. The van der Waals surface area contributed by atoms with Gasteiger partial charge in [-0.1, -0.05) is 0 Å². The van der Waals surface area contributed by atoms with Crippen LogP contribution in [-0.2, 0) is 4.79 Å². The van der Waals surface area contributed by atoms with E-state index in [2.05, 4.69) is 33.2 Å². The van der Waals surface area contributed by atoms with E-state index in [4.69, 9.17) is 21.7 Å². The van der Waals surface area contributed by atoms with Crippen LogP contribution in [0.2, 0.25) is 0 Å². The monoisotopic (exact) mass is 474 g/mol. The molecule has 0 bridgehead atoms. The van der Waals surface area contributed by atoms with E-state index in [1.807, 2.05) is 39.8 Å². The fraction of sp³-hybridized carbons (Fsp3) is 0.444. The Morgan fingerprint density at radius 2 is 2.08 bits per heavy atom. The van der Waals surface area contributed by atoms with Gasteiger partial charge in [-0.15, -0.1) is 0 Å². The van der Waals surface area contributed by atoms with Crippen molar-refractivity contribution in [1.82, 2.24) is 10.6 Å². The minimum atomic E-state index is -0.313. The molecule has 0 amide bonds. The number of carbonyl (C=O) groups is 1. The highest BCUT2D eigenvalue weighted by Gasteiger charge is 2.29. The van der Waals surface area contributed by atoms with Gasteiger partial charge in [0.1, 0.15) is 0 Å². The number of rotatable bonds is 6. The summed E-state index contributed by atoms with van der Waals surface area (Å²) in [7, 11) is 0. The van der Waals surface area contributed by atoms with Crippen molar-refractivity contribution in [2.45, 2.75) is 46.8 Å². The number of halogens is 1. The molecule has 1 atom stereocenters. The summed E-state index contributed by atoms with van der Waals surface area (Å²) < 4.78 is 12.6. The quantitative estimate of drug-likeness (QED) is 0.483. The van der Waals surface area contributed by atoms with Crippen molar-refractivity contribution in [3.8, 4) is 11.5 Å². The van der Waals surface area contributed by atoms with Crippen LogP contribution in [0.1, 0.15) is 46.2 Å². The normalized spacial score (nSPS) is 17.2. The van der Waals surface area contributed by atoms with Crippen molar-refractivity contribution in [2.75, 3.05) is 6.61 Å². The van der Waals surface area contributed by atoms with Gasteiger partial charge in [-0.05, 0) is 87.1 Å². The average molecular weight is 474 g/mol. The van der Waals surface area contributed by atoms with Gasteiger partial charge in [-0.3, -0.25) is 4.79 Å². The smallest absolute Gasteiger partial charge is 0.174 e. The molecule has 0 saturated heterocycles. The number of nitrogens with one attached hydrogen (secondary N) is 2. The first-order valence-corrected chi connectivity index (χ1v) is 9.65. The molecule has 1 heterocycles. The first-order chi connectivity index (χ1) is 11.7. The van der Waals surface area contributed by atoms with E-state index in [-0.39, 0.29) is 17.9 Å². The van der Waals surface area contributed by atoms with Gasteiger partial charge in [0.25, 0.3) is 0 Å². The van der Waals surface area contributed by atoms with Gasteiger partial charge in [0, 0.05) is 11.3 Å². The van der Waals surface area contributed by atoms with Gasteiger partial charge in [0.15, 0.2) is 22.4 Å². The van der Waals surface area contributed by atoms with Crippen molar-refractivity contribution in [2.24, 2.45) is 0 Å². The number of hydrogen-bond acceptors (Lipinski definition) is 4. The van der Waals surface area contributed by atoms with E-state index in [0.717, 1.165) is 20.6 Å². The number of Topliss-reactive ketones (excluding diaryl/α,β-unsaturated/α-hetero) is 1. The minimum Gasteiger partial charge on any atom is -0.490 e. The van der Waals surface area contributed by atoms with E-state index < -0.39 is 0 Å². The van der Waals surface area contributed by atoms with Gasteiger partial charge < -0.3 is 20.1 Å². The first-order valence-electron chi connectivity index (χ1n) is 8.16. The predicted molar refractivity (Wildman–Crippen MR) is 111 cm³/mol. The van der Waals surface area contributed by atoms with Crippen LogP contribution in [0.15, 0.2) is 23.4 Å². The second kappa shape index (κ2) is 8.35. The lowest BCUT2D eigenvalue weighted by Crippen LogP contribution is -2.44. The van der Waals surface area contributed by atoms with Crippen LogP contribution < -0.4 is 20.1 Å². The highest BCUT2D eigenvalue weighted by atomic mass is 127. The van der Waals surface area contributed by atoms with Crippen LogP contribution in [0, 0.1) is 3.57 Å². The molecule has 2 N–H and O–H groups in total. The van der Waals surface area contributed by atoms with Crippen molar-refractivity contribution >= 4 is 45.7 Å². The Morgan fingerprint density at radius 1 is 1.40 bits per heavy atom. The summed E-state index contributed by atoms with van der Waals surface area (Å²) in [4.78, 5) is 12.2. The van der Waals surface area contributed by atoms with Crippen molar-refractivity contribution in [3.63, 3.8) is 0 Å². The summed E-state index contributed by atoms with van der Waals surface area (Å²) >= 11 is 7.51. The molecule has 1 unspecified atom stereocenters. The number of benzene rings is 1. The molecule has 0 saturated carbocycles. The molecule has 0 spiro atoms. The molecule has 136 valence electrons. The van der Waals surface area contributed by atoms with Gasteiger partial charge in [-0.25, -0.2) is 0 Å². The van der Waals surface area contributed by atoms with E-state index in [1.54, 1.807) is 6.92 Å². The Labute approximate surface area is 167 Å². The standard InChI is InChI=1S/C18H23IN2O3S/c1-6-23-14-8-12(7-13(19)17(14)24-9(2)3)16-15(11(5)22)10(4)20-18(25)21-16/h7-9,16H,6H2,1-5H3,(H2,20,21,25). The summed E-state index contributed by atoms with van der Waals surface area (Å²) in [6, 6.07) is 3.61. The molecule has 1 aromatic carbocycles. The summed E-state index contributed by atoms with van der Waals surface area (Å²) in [5.41, 5.74) is 2.36. The molecule has 0 fully saturated rings. The third-order valence-electron chi connectivity index (χ3n) is 3.67. The lowest BCUT2D eigenvalue weighted by molar-refractivity contribution is -0.114. The average Bonchev–Trinajstić information content (AvgIpc) is 2.49. The maximum absolute atomic E-state index is 12.2. The molecular formula is C18H23IN2O3S. The highest BCUT2D eigenvalue weighted by Crippen LogP contribution is 2.38. The van der Waals surface area contributed by atoms with Crippen LogP contribution >= 0.6 is 34.8 Å². The van der Waals surface area contributed by atoms with Gasteiger partial charge >= 0.3 is 0 Å². The topological polar surface area (TPSA) is 59.6 Å². The maximum Gasteiger partial charge on any atom is 0.174 e. The van der Waals surface area contributed by atoms with Crippen molar-refractivity contribution in [3.05, 3.63) is 32.5 Å². The molecule has 0 radical (unpaired) electrons. The van der Waals surface area contributed by atoms with Crippen LogP contribution in [0.3, 0.4) is 0 Å². The largest absolute Gasteiger partial charge is 0.490 e. The summed E-state index contributed by atoms with van der Waals surface area (Å²) in [5, 5.41) is 6.72. The van der Waals surface area contributed by atoms with Crippen molar-refractivity contribution in [1.29, 1.82) is 0 Å². The lowest BCUT2D eigenvalue weighted by atomic mass is 9.93. The molecule has 1 aliphatic heterocycles. The van der Waals surface area contributed by atoms with Crippen LogP contribution in [0.4, 0.5) is 0 Å². The Hall–Kier alpha value is -1.35. The van der Waals surface area contributed by atoms with Crippen LogP contribution in [-0.4, -0.2) is 23.6 Å². The molecule has 0 aromatic heterocycles. The third-order valence-corrected chi connectivity index (χ3v) is 4.69. The minimum absolute atomic E-state index is 0.000440. The van der Waals surface area contributed by atoms with Crippen LogP contribution in [0.25, 0.3) is 0 Å². The zero-order chi connectivity index (χ0) is 18.7. The predicted octanol–water partition coefficient (Wildman–Crippen LogP) is 3.86. The SMILES string of the molecule is CCOc1cc(C2NC(=S)NC(C)=C2C(C)=O)cc(I)c1OC(C)C. The summed E-state index contributed by atoms with van der Waals surface area (Å²) in [6.45, 7) is 9.84. The molecule has 1 aromatic rings. The van der Waals surface area contributed by atoms with Gasteiger partial charge in [-0.2, -0.15) is 0 Å². The Balaban J connectivity index is 2.56. The number of hydrogen-bond donors (Lipinski definition) is 2. The third kappa shape index (κ3) is 4.63. The number of thiocarbonyl (C=S) groups is 1.